The Morgan fingerprint density at radius 3 is 2.26 bits per heavy atom. The van der Waals surface area contributed by atoms with E-state index in [-0.39, 0.29) is 29.4 Å². The molecular formula is C20H21NO6. The van der Waals surface area contributed by atoms with Gasteiger partial charge in [-0.25, -0.2) is 4.79 Å². The van der Waals surface area contributed by atoms with Crippen molar-refractivity contribution in [3.63, 3.8) is 0 Å². The summed E-state index contributed by atoms with van der Waals surface area (Å²) in [5.74, 6) is -1.09. The summed E-state index contributed by atoms with van der Waals surface area (Å²) < 4.78 is 10.4. The molecule has 0 amide bonds. The number of carbonyl (C=O) groups is 2. The number of carbonyl (C=O) groups excluding carboxylic acids is 2. The number of ketones is 1. The molecule has 7 heteroatoms. The number of benzene rings is 2. The summed E-state index contributed by atoms with van der Waals surface area (Å²) in [4.78, 5) is 35.2. The molecule has 0 aliphatic carbocycles. The lowest BCUT2D eigenvalue weighted by molar-refractivity contribution is -0.385. The van der Waals surface area contributed by atoms with Gasteiger partial charge in [-0.15, -0.1) is 0 Å². The highest BCUT2D eigenvalue weighted by Crippen LogP contribution is 2.28. The first-order valence-electron chi connectivity index (χ1n) is 8.62. The van der Waals surface area contributed by atoms with Crippen LogP contribution >= 0.6 is 0 Å². The maximum atomic E-state index is 12.4. The van der Waals surface area contributed by atoms with Crippen molar-refractivity contribution in [1.29, 1.82) is 0 Å². The summed E-state index contributed by atoms with van der Waals surface area (Å²) >= 11 is 0. The molecule has 2 aromatic carbocycles. The molecule has 0 N–H and O–H groups in total. The zero-order valence-corrected chi connectivity index (χ0v) is 15.4. The van der Waals surface area contributed by atoms with Gasteiger partial charge in [-0.1, -0.05) is 31.2 Å². The van der Waals surface area contributed by atoms with Crippen LogP contribution < -0.4 is 4.74 Å². The topological polar surface area (TPSA) is 95.7 Å². The molecule has 0 fully saturated rings. The lowest BCUT2D eigenvalue weighted by Gasteiger charge is -2.13. The van der Waals surface area contributed by atoms with Gasteiger partial charge in [0.1, 0.15) is 0 Å². The van der Waals surface area contributed by atoms with Crippen LogP contribution in [0.3, 0.4) is 0 Å². The standard InChI is InChI=1S/C20H21NO6/c1-4-14-6-8-15(9-7-14)19(22)13(3)27-20(23)16-10-11-18(26-5-2)17(12-16)21(24)25/h6-13H,4-5H2,1-3H3. The summed E-state index contributed by atoms with van der Waals surface area (Å²) in [7, 11) is 0. The molecule has 1 unspecified atom stereocenters. The van der Waals surface area contributed by atoms with Crippen molar-refractivity contribution in [2.45, 2.75) is 33.3 Å². The van der Waals surface area contributed by atoms with E-state index >= 15 is 0 Å². The lowest BCUT2D eigenvalue weighted by atomic mass is 10.0. The Hall–Kier alpha value is -3.22. The summed E-state index contributed by atoms with van der Waals surface area (Å²) in [5, 5.41) is 11.2. The SMILES string of the molecule is CCOc1ccc(C(=O)OC(C)C(=O)c2ccc(CC)cc2)cc1[N+](=O)[O-]. The van der Waals surface area contributed by atoms with E-state index in [1.54, 1.807) is 19.1 Å². The normalized spacial score (nSPS) is 11.5. The molecule has 142 valence electrons. The second-order valence-electron chi connectivity index (χ2n) is 5.83. The molecule has 0 bridgehead atoms. The smallest absolute Gasteiger partial charge is 0.339 e. The van der Waals surface area contributed by atoms with Gasteiger partial charge in [0.15, 0.2) is 11.9 Å². The quantitative estimate of drug-likeness (QED) is 0.301. The van der Waals surface area contributed by atoms with Gasteiger partial charge in [0.2, 0.25) is 5.78 Å². The molecule has 0 spiro atoms. The van der Waals surface area contributed by atoms with Gasteiger partial charge in [0, 0.05) is 11.6 Å². The number of hydrogen-bond donors (Lipinski definition) is 0. The third-order valence-electron chi connectivity index (χ3n) is 3.99. The van der Waals surface area contributed by atoms with E-state index < -0.39 is 17.0 Å². The Kier molecular flexibility index (Phi) is 6.65. The van der Waals surface area contributed by atoms with Crippen LogP contribution in [-0.2, 0) is 11.2 Å². The zero-order valence-electron chi connectivity index (χ0n) is 15.4. The van der Waals surface area contributed by atoms with Crippen molar-refractivity contribution >= 4 is 17.4 Å². The maximum Gasteiger partial charge on any atom is 0.339 e. The summed E-state index contributed by atoms with van der Waals surface area (Å²) in [6.07, 6.45) is -0.161. The van der Waals surface area contributed by atoms with Crippen LogP contribution in [0.25, 0.3) is 0 Å². The fraction of sp³-hybridized carbons (Fsp3) is 0.300. The second kappa shape index (κ2) is 8.93. The van der Waals surface area contributed by atoms with E-state index in [2.05, 4.69) is 0 Å². The van der Waals surface area contributed by atoms with E-state index in [1.165, 1.54) is 19.1 Å². The maximum absolute atomic E-state index is 12.4. The minimum atomic E-state index is -1.02. The molecule has 0 aliphatic heterocycles. The van der Waals surface area contributed by atoms with Gasteiger partial charge < -0.3 is 9.47 Å². The molecule has 0 radical (unpaired) electrons. The van der Waals surface area contributed by atoms with Crippen LogP contribution in [0.1, 0.15) is 47.1 Å². The van der Waals surface area contributed by atoms with Gasteiger partial charge >= 0.3 is 11.7 Å². The Bertz CT molecular complexity index is 844. The monoisotopic (exact) mass is 371 g/mol. The van der Waals surface area contributed by atoms with E-state index in [1.807, 2.05) is 19.1 Å². The number of esters is 1. The molecular weight excluding hydrogens is 350 g/mol. The fourth-order valence-corrected chi connectivity index (χ4v) is 2.49. The number of aryl methyl sites for hydroxylation is 1. The van der Waals surface area contributed by atoms with E-state index in [9.17, 15) is 19.7 Å². The summed E-state index contributed by atoms with van der Waals surface area (Å²) in [6, 6.07) is 10.9. The molecule has 2 rings (SSSR count). The number of nitro benzene ring substituents is 1. The molecule has 7 nitrogen and oxygen atoms in total. The Morgan fingerprint density at radius 1 is 1.07 bits per heavy atom. The molecule has 0 saturated carbocycles. The summed E-state index contributed by atoms with van der Waals surface area (Å²) in [6.45, 7) is 5.44. The minimum Gasteiger partial charge on any atom is -0.487 e. The first-order chi connectivity index (χ1) is 12.9. The van der Waals surface area contributed by atoms with Crippen LogP contribution in [0.2, 0.25) is 0 Å². The van der Waals surface area contributed by atoms with Crippen molar-refractivity contribution < 1.29 is 24.0 Å². The predicted molar refractivity (Wildman–Crippen MR) is 99.3 cm³/mol. The number of nitrogens with zero attached hydrogens (tertiary/aromatic N) is 1. The number of Topliss-reactive ketones (excluding diaryl/α,β-unsaturated/α-hetero) is 1. The average Bonchev–Trinajstić information content (AvgIpc) is 2.67. The molecule has 0 saturated heterocycles. The van der Waals surface area contributed by atoms with Crippen LogP contribution in [0.5, 0.6) is 5.75 Å². The van der Waals surface area contributed by atoms with Gasteiger partial charge in [0.25, 0.3) is 0 Å². The Labute approximate surface area is 157 Å². The third-order valence-corrected chi connectivity index (χ3v) is 3.99. The van der Waals surface area contributed by atoms with Crippen LogP contribution in [0.4, 0.5) is 5.69 Å². The Balaban J connectivity index is 2.14. The van der Waals surface area contributed by atoms with Crippen molar-refractivity contribution in [2.24, 2.45) is 0 Å². The fourth-order valence-electron chi connectivity index (χ4n) is 2.49. The number of rotatable bonds is 8. The van der Waals surface area contributed by atoms with Gasteiger partial charge in [-0.05, 0) is 38.0 Å². The first kappa shape index (κ1) is 20.1. The van der Waals surface area contributed by atoms with Crippen molar-refractivity contribution in [2.75, 3.05) is 6.61 Å². The number of nitro groups is 1. The van der Waals surface area contributed by atoms with Crippen LogP contribution in [-0.4, -0.2) is 29.4 Å². The highest BCUT2D eigenvalue weighted by atomic mass is 16.6. The predicted octanol–water partition coefficient (Wildman–Crippen LogP) is 3.98. The largest absolute Gasteiger partial charge is 0.487 e. The van der Waals surface area contributed by atoms with Gasteiger partial charge in [0.05, 0.1) is 17.1 Å². The molecule has 0 aliphatic rings. The molecule has 2 aromatic rings. The summed E-state index contributed by atoms with van der Waals surface area (Å²) in [5.41, 5.74) is 1.18. The molecule has 27 heavy (non-hydrogen) atoms. The van der Waals surface area contributed by atoms with Gasteiger partial charge in [-0.3, -0.25) is 14.9 Å². The Morgan fingerprint density at radius 2 is 1.70 bits per heavy atom. The average molecular weight is 371 g/mol. The van der Waals surface area contributed by atoms with Crippen LogP contribution in [0, 0.1) is 10.1 Å². The van der Waals surface area contributed by atoms with Crippen molar-refractivity contribution in [3.8, 4) is 5.75 Å². The first-order valence-corrected chi connectivity index (χ1v) is 8.62. The molecule has 0 aromatic heterocycles. The number of hydrogen-bond acceptors (Lipinski definition) is 6. The van der Waals surface area contributed by atoms with Crippen molar-refractivity contribution in [1.82, 2.24) is 0 Å². The van der Waals surface area contributed by atoms with Crippen LogP contribution in [0.15, 0.2) is 42.5 Å². The minimum absolute atomic E-state index is 0.0221. The highest BCUT2D eigenvalue weighted by molar-refractivity contribution is 6.01. The third kappa shape index (κ3) is 4.91. The van der Waals surface area contributed by atoms with E-state index in [0.717, 1.165) is 18.1 Å². The molecule has 1 atom stereocenters. The number of ether oxygens (including phenoxy) is 2. The second-order valence-corrected chi connectivity index (χ2v) is 5.83. The van der Waals surface area contributed by atoms with E-state index in [0.29, 0.717) is 5.56 Å². The van der Waals surface area contributed by atoms with Gasteiger partial charge in [-0.2, -0.15) is 0 Å². The highest BCUT2D eigenvalue weighted by Gasteiger charge is 2.23. The lowest BCUT2D eigenvalue weighted by Crippen LogP contribution is -2.24. The molecule has 0 heterocycles. The van der Waals surface area contributed by atoms with Crippen molar-refractivity contribution in [3.05, 3.63) is 69.3 Å². The zero-order chi connectivity index (χ0) is 20.0. The van der Waals surface area contributed by atoms with E-state index in [4.69, 9.17) is 9.47 Å².